The van der Waals surface area contributed by atoms with Crippen molar-refractivity contribution in [2.45, 2.75) is 6.42 Å². The van der Waals surface area contributed by atoms with Crippen LogP contribution in [0.5, 0.6) is 0 Å². The molecule has 1 heterocycles. The van der Waals surface area contributed by atoms with Gasteiger partial charge in [-0.15, -0.1) is 0 Å². The van der Waals surface area contributed by atoms with Gasteiger partial charge in [0.15, 0.2) is 0 Å². The molecule has 16 heavy (non-hydrogen) atoms. The number of para-hydroxylation sites is 1. The fourth-order valence-electron chi connectivity index (χ4n) is 1.68. The Balaban J connectivity index is 2.52. The van der Waals surface area contributed by atoms with Crippen LogP contribution in [0.15, 0.2) is 30.3 Å². The molecule has 3 heteroatoms. The van der Waals surface area contributed by atoms with E-state index in [4.69, 9.17) is 10.00 Å². The van der Waals surface area contributed by atoms with Crippen molar-refractivity contribution in [2.24, 2.45) is 0 Å². The first-order valence-electron chi connectivity index (χ1n) is 5.13. The van der Waals surface area contributed by atoms with Crippen molar-refractivity contribution in [3.05, 3.63) is 41.6 Å². The number of ether oxygens (including phenoxy) is 1. The first kappa shape index (κ1) is 10.6. The van der Waals surface area contributed by atoms with Crippen molar-refractivity contribution in [1.29, 1.82) is 5.26 Å². The Hall–Kier alpha value is -1.92. The summed E-state index contributed by atoms with van der Waals surface area (Å²) in [6.07, 6.45) is 0.815. The van der Waals surface area contributed by atoms with Gasteiger partial charge in [-0.25, -0.2) is 4.98 Å². The summed E-state index contributed by atoms with van der Waals surface area (Å²) in [6, 6.07) is 11.8. The number of pyridine rings is 1. The van der Waals surface area contributed by atoms with Crippen LogP contribution in [0, 0.1) is 11.3 Å². The van der Waals surface area contributed by atoms with Gasteiger partial charge in [0.2, 0.25) is 0 Å². The van der Waals surface area contributed by atoms with Gasteiger partial charge < -0.3 is 4.74 Å². The fraction of sp³-hybridized carbons (Fsp3) is 0.231. The Morgan fingerprint density at radius 3 is 2.94 bits per heavy atom. The molecule has 2 aromatic rings. The standard InChI is InChI=1S/C13H12N2O/c1-16-8-7-11-4-2-3-10-5-6-12(9-14)15-13(10)11/h2-6H,7-8H2,1H3. The van der Waals surface area contributed by atoms with Gasteiger partial charge in [0.1, 0.15) is 11.8 Å². The van der Waals surface area contributed by atoms with Crippen LogP contribution < -0.4 is 0 Å². The Bertz CT molecular complexity index is 543. The summed E-state index contributed by atoms with van der Waals surface area (Å²) in [5.41, 5.74) is 2.48. The Morgan fingerprint density at radius 1 is 1.31 bits per heavy atom. The lowest BCUT2D eigenvalue weighted by Gasteiger charge is -2.05. The number of nitrogens with zero attached hydrogens (tertiary/aromatic N) is 2. The summed E-state index contributed by atoms with van der Waals surface area (Å²) in [7, 11) is 1.68. The number of benzene rings is 1. The molecule has 0 amide bonds. The van der Waals surface area contributed by atoms with Gasteiger partial charge in [0.25, 0.3) is 0 Å². The normalized spacial score (nSPS) is 10.2. The van der Waals surface area contributed by atoms with Gasteiger partial charge in [-0.3, -0.25) is 0 Å². The van der Waals surface area contributed by atoms with Crippen molar-refractivity contribution < 1.29 is 4.74 Å². The van der Waals surface area contributed by atoms with Gasteiger partial charge in [-0.05, 0) is 24.1 Å². The van der Waals surface area contributed by atoms with E-state index in [1.54, 1.807) is 13.2 Å². The van der Waals surface area contributed by atoms with E-state index in [1.165, 1.54) is 0 Å². The predicted octanol–water partition coefficient (Wildman–Crippen LogP) is 2.30. The minimum atomic E-state index is 0.456. The summed E-state index contributed by atoms with van der Waals surface area (Å²) < 4.78 is 5.06. The van der Waals surface area contributed by atoms with Gasteiger partial charge in [0.05, 0.1) is 12.1 Å². The summed E-state index contributed by atoms with van der Waals surface area (Å²) in [5, 5.41) is 9.89. The number of hydrogen-bond acceptors (Lipinski definition) is 3. The van der Waals surface area contributed by atoms with E-state index in [-0.39, 0.29) is 0 Å². The number of hydrogen-bond donors (Lipinski definition) is 0. The van der Waals surface area contributed by atoms with E-state index in [0.29, 0.717) is 12.3 Å². The third-order valence-corrected chi connectivity index (χ3v) is 2.49. The lowest BCUT2D eigenvalue weighted by Crippen LogP contribution is -1.97. The molecule has 80 valence electrons. The van der Waals surface area contributed by atoms with Crippen LogP contribution in [0.25, 0.3) is 10.9 Å². The maximum atomic E-state index is 8.83. The van der Waals surface area contributed by atoms with E-state index in [2.05, 4.69) is 11.1 Å². The topological polar surface area (TPSA) is 45.9 Å². The molecule has 3 nitrogen and oxygen atoms in total. The highest BCUT2D eigenvalue weighted by atomic mass is 16.5. The summed E-state index contributed by atoms with van der Waals surface area (Å²) >= 11 is 0. The monoisotopic (exact) mass is 212 g/mol. The molecule has 0 bridgehead atoms. The molecule has 0 aliphatic heterocycles. The van der Waals surface area contributed by atoms with E-state index in [1.807, 2.05) is 24.3 Å². The average Bonchev–Trinajstić information content (AvgIpc) is 2.35. The molecule has 0 unspecified atom stereocenters. The molecular weight excluding hydrogens is 200 g/mol. The van der Waals surface area contributed by atoms with Gasteiger partial charge in [0, 0.05) is 12.5 Å². The number of aromatic nitrogens is 1. The number of nitriles is 1. The highest BCUT2D eigenvalue weighted by molar-refractivity contribution is 5.82. The first-order chi connectivity index (χ1) is 7.85. The van der Waals surface area contributed by atoms with Crippen molar-refractivity contribution >= 4 is 10.9 Å². The number of rotatable bonds is 3. The Labute approximate surface area is 94.3 Å². The molecule has 2 rings (SSSR count). The second kappa shape index (κ2) is 4.73. The SMILES string of the molecule is COCCc1cccc2ccc(C#N)nc12. The van der Waals surface area contributed by atoms with E-state index in [0.717, 1.165) is 22.9 Å². The molecular formula is C13H12N2O. The summed E-state index contributed by atoms with van der Waals surface area (Å²) in [6.45, 7) is 0.664. The van der Waals surface area contributed by atoms with Crippen molar-refractivity contribution in [2.75, 3.05) is 13.7 Å². The molecule has 0 radical (unpaired) electrons. The third kappa shape index (κ3) is 2.02. The van der Waals surface area contributed by atoms with E-state index in [9.17, 15) is 0 Å². The highest BCUT2D eigenvalue weighted by Gasteiger charge is 2.03. The molecule has 0 fully saturated rings. The zero-order chi connectivity index (χ0) is 11.4. The van der Waals surface area contributed by atoms with Crippen LogP contribution in [0.3, 0.4) is 0 Å². The Morgan fingerprint density at radius 2 is 2.19 bits per heavy atom. The average molecular weight is 212 g/mol. The van der Waals surface area contributed by atoms with Crippen molar-refractivity contribution in [1.82, 2.24) is 4.98 Å². The number of methoxy groups -OCH3 is 1. The van der Waals surface area contributed by atoms with Gasteiger partial charge in [-0.1, -0.05) is 18.2 Å². The largest absolute Gasteiger partial charge is 0.384 e. The molecule has 0 aliphatic carbocycles. The Kier molecular flexibility index (Phi) is 3.13. The summed E-state index contributed by atoms with van der Waals surface area (Å²) in [4.78, 5) is 4.33. The van der Waals surface area contributed by atoms with Crippen molar-refractivity contribution in [3.63, 3.8) is 0 Å². The minimum Gasteiger partial charge on any atom is -0.384 e. The second-order valence-electron chi connectivity index (χ2n) is 3.54. The molecule has 0 saturated heterocycles. The number of fused-ring (bicyclic) bond motifs is 1. The molecule has 1 aromatic carbocycles. The smallest absolute Gasteiger partial charge is 0.141 e. The minimum absolute atomic E-state index is 0.456. The zero-order valence-corrected chi connectivity index (χ0v) is 9.10. The molecule has 0 saturated carbocycles. The van der Waals surface area contributed by atoms with Gasteiger partial charge >= 0.3 is 0 Å². The maximum Gasteiger partial charge on any atom is 0.141 e. The molecule has 0 spiro atoms. The molecule has 0 aliphatic rings. The fourth-order valence-corrected chi connectivity index (χ4v) is 1.68. The first-order valence-corrected chi connectivity index (χ1v) is 5.13. The van der Waals surface area contributed by atoms with Crippen LogP contribution in [0.1, 0.15) is 11.3 Å². The summed E-state index contributed by atoms with van der Waals surface area (Å²) in [5.74, 6) is 0. The van der Waals surface area contributed by atoms with Crippen LogP contribution in [0.4, 0.5) is 0 Å². The lowest BCUT2D eigenvalue weighted by atomic mass is 10.1. The molecule has 1 aromatic heterocycles. The molecule has 0 atom stereocenters. The quantitative estimate of drug-likeness (QED) is 0.784. The lowest BCUT2D eigenvalue weighted by molar-refractivity contribution is 0.202. The highest BCUT2D eigenvalue weighted by Crippen LogP contribution is 2.17. The molecule has 0 N–H and O–H groups in total. The van der Waals surface area contributed by atoms with Crippen molar-refractivity contribution in [3.8, 4) is 6.07 Å². The van der Waals surface area contributed by atoms with E-state index >= 15 is 0 Å². The van der Waals surface area contributed by atoms with Crippen LogP contribution in [-0.4, -0.2) is 18.7 Å². The second-order valence-corrected chi connectivity index (χ2v) is 3.54. The van der Waals surface area contributed by atoms with Crippen LogP contribution >= 0.6 is 0 Å². The third-order valence-electron chi connectivity index (χ3n) is 2.49. The van der Waals surface area contributed by atoms with Gasteiger partial charge in [-0.2, -0.15) is 5.26 Å². The predicted molar refractivity (Wildman–Crippen MR) is 62.0 cm³/mol. The van der Waals surface area contributed by atoms with Crippen LogP contribution in [0.2, 0.25) is 0 Å². The zero-order valence-electron chi connectivity index (χ0n) is 9.10. The van der Waals surface area contributed by atoms with Crippen LogP contribution in [-0.2, 0) is 11.2 Å². The van der Waals surface area contributed by atoms with E-state index < -0.39 is 0 Å². The maximum absolute atomic E-state index is 8.83.